The van der Waals surface area contributed by atoms with Crippen molar-refractivity contribution >= 4 is 35.5 Å². The molecular weight excluding hydrogens is 528 g/mol. The monoisotopic (exact) mass is 564 g/mol. The zero-order valence-corrected chi connectivity index (χ0v) is 22.0. The maximum absolute atomic E-state index is 10.1. The van der Waals surface area contributed by atoms with Crippen LogP contribution in [0.5, 0.6) is 0 Å². The molecule has 0 aromatic heterocycles. The van der Waals surface area contributed by atoms with E-state index in [1.807, 2.05) is 24.3 Å². The van der Waals surface area contributed by atoms with Crippen molar-refractivity contribution < 1.29 is 54.6 Å². The third-order valence-electron chi connectivity index (χ3n) is 4.23. The van der Waals surface area contributed by atoms with Crippen LogP contribution in [-0.4, -0.2) is 94.4 Å². The van der Waals surface area contributed by atoms with E-state index in [4.69, 9.17) is 30.6 Å². The van der Waals surface area contributed by atoms with E-state index < -0.39 is 11.9 Å². The molecule has 13 nitrogen and oxygen atoms in total. The third-order valence-corrected chi connectivity index (χ3v) is 4.23. The third kappa shape index (κ3) is 25.6. The predicted octanol–water partition coefficient (Wildman–Crippen LogP) is 1.89. The zero-order chi connectivity index (χ0) is 30.4. The molecule has 0 saturated carbocycles. The van der Waals surface area contributed by atoms with Crippen molar-refractivity contribution in [2.24, 2.45) is 9.98 Å². The summed E-state index contributed by atoms with van der Waals surface area (Å²) in [6.45, 7) is 0.446. The average Bonchev–Trinajstić information content (AvgIpc) is 2.94. The van der Waals surface area contributed by atoms with Gasteiger partial charge in [-0.05, 0) is 54.7 Å². The van der Waals surface area contributed by atoms with Crippen LogP contribution >= 0.6 is 0 Å². The fourth-order valence-corrected chi connectivity index (χ4v) is 2.50. The van der Waals surface area contributed by atoms with Crippen LogP contribution in [0.15, 0.2) is 58.5 Å². The second kappa shape index (κ2) is 28.0. The maximum atomic E-state index is 10.1. The highest BCUT2D eigenvalue weighted by Gasteiger charge is 1.99. The Morgan fingerprint density at radius 2 is 0.975 bits per heavy atom. The van der Waals surface area contributed by atoms with Gasteiger partial charge in [0, 0.05) is 12.8 Å². The molecule has 6 N–H and O–H groups in total. The van der Waals surface area contributed by atoms with Crippen LogP contribution in [0.2, 0.25) is 0 Å². The molecule has 2 aromatic rings. The van der Waals surface area contributed by atoms with E-state index in [9.17, 15) is 19.2 Å². The van der Waals surface area contributed by atoms with Gasteiger partial charge in [-0.2, -0.15) is 9.98 Å². The van der Waals surface area contributed by atoms with Crippen LogP contribution in [0.1, 0.15) is 36.8 Å². The Labute approximate surface area is 231 Å². The van der Waals surface area contributed by atoms with Crippen LogP contribution in [0.3, 0.4) is 0 Å². The number of carbonyl (C=O) groups is 2. The second-order valence-corrected chi connectivity index (χ2v) is 7.42. The normalized spacial score (nSPS) is 9.10. The number of unbranched alkanes of at least 4 members (excludes halogenated alkanes) is 1. The van der Waals surface area contributed by atoms with E-state index in [1.165, 1.54) is 12.2 Å². The molecule has 2 rings (SSSR count). The number of hydrogen-bond acceptors (Lipinski definition) is 11. The Kier molecular flexibility index (Phi) is 26.6. The molecule has 0 aliphatic heterocycles. The smallest absolute Gasteiger partial charge is 0.303 e. The number of aliphatic hydroxyl groups excluding tert-OH is 4. The van der Waals surface area contributed by atoms with Crippen molar-refractivity contribution in [3.63, 3.8) is 0 Å². The lowest BCUT2D eigenvalue weighted by atomic mass is 10.0. The van der Waals surface area contributed by atoms with Crippen molar-refractivity contribution in [3.05, 3.63) is 59.7 Å². The summed E-state index contributed by atoms with van der Waals surface area (Å²) in [5.74, 6) is -1.74. The Balaban J connectivity index is 0. The molecule has 0 fully saturated rings. The molecule has 0 amide bonds. The fourth-order valence-electron chi connectivity index (χ4n) is 2.50. The Morgan fingerprint density at radius 1 is 0.625 bits per heavy atom. The number of nitrogens with zero attached hydrogens (tertiary/aromatic N) is 2. The van der Waals surface area contributed by atoms with Gasteiger partial charge in [0.05, 0.1) is 51.0 Å². The van der Waals surface area contributed by atoms with Gasteiger partial charge < -0.3 is 35.4 Å². The molecule has 0 unspecified atom stereocenters. The van der Waals surface area contributed by atoms with E-state index in [2.05, 4.69) is 14.7 Å². The number of carboxylic acids is 2. The molecule has 0 aliphatic carbocycles. The molecule has 40 heavy (non-hydrogen) atoms. The van der Waals surface area contributed by atoms with E-state index in [-0.39, 0.29) is 39.3 Å². The summed E-state index contributed by atoms with van der Waals surface area (Å²) < 4.78 is 4.63. The molecule has 0 atom stereocenters. The Morgan fingerprint density at radius 3 is 1.23 bits per heavy atom. The van der Waals surface area contributed by atoms with Gasteiger partial charge in [-0.15, -0.1) is 0 Å². The molecule has 2 aromatic carbocycles. The number of benzene rings is 2. The first-order valence-electron chi connectivity index (χ1n) is 12.1. The minimum atomic E-state index is -0.870. The molecule has 0 saturated heterocycles. The summed E-state index contributed by atoms with van der Waals surface area (Å²) in [4.78, 5) is 47.1. The van der Waals surface area contributed by atoms with Gasteiger partial charge in [0.1, 0.15) is 0 Å². The highest BCUT2D eigenvalue weighted by Crippen LogP contribution is 2.17. The van der Waals surface area contributed by atoms with Gasteiger partial charge in [-0.3, -0.25) is 9.59 Å². The molecule has 0 radical (unpaired) electrons. The lowest BCUT2D eigenvalue weighted by molar-refractivity contribution is -0.139. The predicted molar refractivity (Wildman–Crippen MR) is 144 cm³/mol. The first kappa shape index (κ1) is 38.1. The van der Waals surface area contributed by atoms with E-state index in [0.29, 0.717) is 37.4 Å². The van der Waals surface area contributed by atoms with E-state index in [0.717, 1.165) is 17.5 Å². The molecule has 13 heteroatoms. The summed E-state index contributed by atoms with van der Waals surface area (Å²) in [6, 6.07) is 14.7. The fraction of sp³-hybridized carbons (Fsp3) is 0.407. The molecule has 0 aliphatic rings. The molecule has 220 valence electrons. The van der Waals surface area contributed by atoms with Crippen LogP contribution in [0.25, 0.3) is 0 Å². The summed E-state index contributed by atoms with van der Waals surface area (Å²) in [5, 5.41) is 47.7. The number of aliphatic carboxylic acids is 2. The minimum Gasteiger partial charge on any atom is -0.481 e. The Hall–Kier alpha value is -4.06. The molecule has 0 heterocycles. The Bertz CT molecular complexity index is 934. The summed E-state index contributed by atoms with van der Waals surface area (Å²) in [5.41, 5.74) is 3.40. The second-order valence-electron chi connectivity index (χ2n) is 7.42. The molecule has 0 bridgehead atoms. The van der Waals surface area contributed by atoms with Crippen molar-refractivity contribution in [1.29, 1.82) is 0 Å². The average molecular weight is 565 g/mol. The van der Waals surface area contributed by atoms with Gasteiger partial charge in [-0.1, -0.05) is 24.3 Å². The summed E-state index contributed by atoms with van der Waals surface area (Å²) in [6.07, 6.45) is 4.79. The van der Waals surface area contributed by atoms with E-state index in [1.54, 1.807) is 24.3 Å². The highest BCUT2D eigenvalue weighted by molar-refractivity contribution is 5.67. The number of rotatable bonds is 14. The number of carboxylic acid groups (broad SMARTS) is 2. The maximum Gasteiger partial charge on any atom is 0.303 e. The standard InChI is InChI=1S/C15H10N2O2.C6H10O4.C4H10O3.C2H6O2/c18-10-16-14-5-1-12(2-6-14)9-13-3-7-15(8-4-13)17-11-19;7-5(8)3-1-2-4-6(9)10;5-1-3-7-4-2-6;3-1-2-4/h1-8H,9H2;1-4H2,(H,7,8)(H,9,10);5-6H,1-4H2;3-4H,1-2H2. The first-order valence-corrected chi connectivity index (χ1v) is 12.1. The highest BCUT2D eigenvalue weighted by atomic mass is 16.5. The lowest BCUT2D eigenvalue weighted by Crippen LogP contribution is -2.03. The number of carbonyl (C=O) groups excluding carboxylic acids is 2. The van der Waals surface area contributed by atoms with Gasteiger partial charge in [-0.25, -0.2) is 9.59 Å². The van der Waals surface area contributed by atoms with Gasteiger partial charge in [0.25, 0.3) is 0 Å². The topological polar surface area (TPSA) is 224 Å². The van der Waals surface area contributed by atoms with Crippen LogP contribution < -0.4 is 0 Å². The molecule has 0 spiro atoms. The van der Waals surface area contributed by atoms with Crippen molar-refractivity contribution in [1.82, 2.24) is 0 Å². The van der Waals surface area contributed by atoms with E-state index >= 15 is 0 Å². The first-order chi connectivity index (χ1) is 19.3. The quantitative estimate of drug-likeness (QED) is 0.110. The summed E-state index contributed by atoms with van der Waals surface area (Å²) >= 11 is 0. The van der Waals surface area contributed by atoms with Crippen LogP contribution in [0, 0.1) is 0 Å². The lowest BCUT2D eigenvalue weighted by Gasteiger charge is -2.02. The van der Waals surface area contributed by atoms with Gasteiger partial charge >= 0.3 is 11.9 Å². The number of hydrogen-bond donors (Lipinski definition) is 6. The van der Waals surface area contributed by atoms with Crippen molar-refractivity contribution in [3.8, 4) is 0 Å². The minimum absolute atomic E-state index is 0.0278. The van der Waals surface area contributed by atoms with Gasteiger partial charge in [0.2, 0.25) is 12.2 Å². The largest absolute Gasteiger partial charge is 0.481 e. The van der Waals surface area contributed by atoms with Crippen LogP contribution in [0.4, 0.5) is 11.4 Å². The SMILES string of the molecule is O=C(O)CCCCC(=O)O.O=C=Nc1ccc(Cc2ccc(N=C=O)cc2)cc1.OCCO.OCCOCCO. The summed E-state index contributed by atoms with van der Waals surface area (Å²) in [7, 11) is 0. The zero-order valence-electron chi connectivity index (χ0n) is 22.0. The van der Waals surface area contributed by atoms with Crippen LogP contribution in [-0.2, 0) is 30.3 Å². The number of aliphatic hydroxyl groups is 4. The van der Waals surface area contributed by atoms with Gasteiger partial charge in [0.15, 0.2) is 0 Å². The van der Waals surface area contributed by atoms with Crippen molar-refractivity contribution in [2.75, 3.05) is 39.6 Å². The molecular formula is C27H36N2O11. The van der Waals surface area contributed by atoms with Crippen molar-refractivity contribution in [2.45, 2.75) is 32.1 Å². The number of ether oxygens (including phenoxy) is 1. The number of isocyanates is 2. The number of aliphatic imine (C=N–C) groups is 2.